The maximum absolute atomic E-state index is 13.1. The molecule has 8 nitrogen and oxygen atoms in total. The number of likely N-dealkylation sites (N-methyl/N-ethyl adjacent to an activating group) is 1. The Morgan fingerprint density at radius 1 is 0.974 bits per heavy atom. The largest absolute Gasteiger partial charge is 0.457 e. The Kier molecular flexibility index (Phi) is 17.5. The van der Waals surface area contributed by atoms with Crippen molar-refractivity contribution < 1.29 is 19.1 Å². The third-order valence-corrected chi connectivity index (χ3v) is 5.81. The van der Waals surface area contributed by atoms with E-state index >= 15 is 0 Å². The molecule has 3 rings (SSSR count). The molecule has 2 aromatic rings. The summed E-state index contributed by atoms with van der Waals surface area (Å²) in [6.07, 6.45) is 0.913. The molecule has 1 unspecified atom stereocenters. The lowest BCUT2D eigenvalue weighted by atomic mass is 9.92. The number of carbonyl (C=O) groups excluding carboxylic acids is 3. The maximum Gasteiger partial charge on any atom is 0.242 e. The molecule has 0 spiro atoms. The van der Waals surface area contributed by atoms with Crippen LogP contribution in [0.4, 0.5) is 0 Å². The number of nitrogens with zero attached hydrogens (tertiary/aromatic N) is 3. The lowest BCUT2D eigenvalue weighted by molar-refractivity contribution is -0.126. The van der Waals surface area contributed by atoms with Crippen LogP contribution in [0.5, 0.6) is 11.5 Å². The Balaban J connectivity index is 0.00000153. The van der Waals surface area contributed by atoms with Crippen molar-refractivity contribution in [1.29, 1.82) is 0 Å². The molecule has 0 aromatic heterocycles. The minimum atomic E-state index is -0.258. The van der Waals surface area contributed by atoms with E-state index in [0.717, 1.165) is 36.6 Å². The number of hydrogen-bond donors (Lipinski definition) is 1. The van der Waals surface area contributed by atoms with Crippen molar-refractivity contribution in [3.8, 4) is 11.5 Å². The first-order valence-electron chi connectivity index (χ1n) is 12.9. The summed E-state index contributed by atoms with van der Waals surface area (Å²) in [6, 6.07) is 16.5. The van der Waals surface area contributed by atoms with Gasteiger partial charge >= 0.3 is 0 Å². The van der Waals surface area contributed by atoms with E-state index < -0.39 is 0 Å². The number of nitrogens with one attached hydrogen (secondary N) is 1. The van der Waals surface area contributed by atoms with Crippen molar-refractivity contribution in [3.63, 3.8) is 0 Å². The fourth-order valence-corrected chi connectivity index (χ4v) is 4.28. The number of hydrogen-bond acceptors (Lipinski definition) is 7. The van der Waals surface area contributed by atoms with Gasteiger partial charge in [0.05, 0.1) is 0 Å². The van der Waals surface area contributed by atoms with Gasteiger partial charge in [-0.3, -0.25) is 14.6 Å². The normalized spacial score (nSPS) is 14.4. The predicted molar refractivity (Wildman–Crippen MR) is 156 cm³/mol. The zero-order valence-electron chi connectivity index (χ0n) is 24.6. The van der Waals surface area contributed by atoms with Gasteiger partial charge in [0.15, 0.2) is 0 Å². The Hall–Kier alpha value is -3.07. The first kappa shape index (κ1) is 34.9. The number of rotatable bonds is 8. The highest BCUT2D eigenvalue weighted by Gasteiger charge is 2.31. The summed E-state index contributed by atoms with van der Waals surface area (Å²) < 4.78 is 5.98. The monoisotopic (exact) mass is 528 g/mol. The number of ether oxygens (including phenoxy) is 1. The fraction of sp³-hybridized carbons (Fsp3) is 0.500. The van der Waals surface area contributed by atoms with Crippen molar-refractivity contribution in [3.05, 3.63) is 59.7 Å². The van der Waals surface area contributed by atoms with E-state index in [4.69, 9.17) is 14.3 Å². The summed E-state index contributed by atoms with van der Waals surface area (Å²) in [5.74, 6) is 1.70. The predicted octanol–water partition coefficient (Wildman–Crippen LogP) is 4.05. The molecule has 0 bridgehead atoms. The van der Waals surface area contributed by atoms with Crippen LogP contribution in [-0.4, -0.2) is 94.1 Å². The van der Waals surface area contributed by atoms with Gasteiger partial charge in [-0.05, 0) is 97.7 Å². The minimum Gasteiger partial charge on any atom is -0.457 e. The first-order chi connectivity index (χ1) is 18.1. The Morgan fingerprint density at radius 2 is 1.53 bits per heavy atom. The topological polar surface area (TPSA) is 82.2 Å². The molecule has 1 atom stereocenters. The summed E-state index contributed by atoms with van der Waals surface area (Å²) in [5, 5.41) is 3.16. The van der Waals surface area contributed by atoms with E-state index in [0.29, 0.717) is 18.6 Å². The Labute approximate surface area is 229 Å². The van der Waals surface area contributed by atoms with Crippen LogP contribution in [0.1, 0.15) is 44.9 Å². The number of carbonyl (C=O) groups is 3. The van der Waals surface area contributed by atoms with E-state index in [1.54, 1.807) is 0 Å². The third kappa shape index (κ3) is 12.0. The summed E-state index contributed by atoms with van der Waals surface area (Å²) in [6.45, 7) is 15.1. The molecule has 1 N–H and O–H groups in total. The zero-order valence-corrected chi connectivity index (χ0v) is 24.6. The molecule has 0 aliphatic carbocycles. The smallest absolute Gasteiger partial charge is 0.242 e. The molecular weight excluding hydrogens is 480 g/mol. The second-order valence-corrected chi connectivity index (χ2v) is 9.97. The van der Waals surface area contributed by atoms with Crippen LogP contribution in [0.15, 0.2) is 48.5 Å². The van der Waals surface area contributed by atoms with E-state index in [2.05, 4.69) is 48.9 Å². The third-order valence-electron chi connectivity index (χ3n) is 5.81. The highest BCUT2D eigenvalue weighted by molar-refractivity contribution is 5.84. The van der Waals surface area contributed by atoms with Gasteiger partial charge in [-0.25, -0.2) is 0 Å². The van der Waals surface area contributed by atoms with Gasteiger partial charge < -0.3 is 24.5 Å². The number of fused-ring (bicyclic) bond motifs is 1. The van der Waals surface area contributed by atoms with Crippen LogP contribution in [0.2, 0.25) is 0 Å². The number of para-hydroxylation sites is 1. The molecule has 1 aliphatic rings. The summed E-state index contributed by atoms with van der Waals surface area (Å²) in [5.41, 5.74) is 2.26. The lowest BCUT2D eigenvalue weighted by Crippen LogP contribution is -2.46. The van der Waals surface area contributed by atoms with Crippen molar-refractivity contribution >= 4 is 19.5 Å². The van der Waals surface area contributed by atoms with Gasteiger partial charge in [0.1, 0.15) is 31.1 Å². The second-order valence-electron chi connectivity index (χ2n) is 9.97. The highest BCUT2D eigenvalue weighted by atomic mass is 16.5. The average molecular weight is 529 g/mol. The van der Waals surface area contributed by atoms with Crippen LogP contribution in [0.3, 0.4) is 0 Å². The minimum absolute atomic E-state index is 0.0719. The Morgan fingerprint density at radius 3 is 2.05 bits per heavy atom. The first-order valence-corrected chi connectivity index (χ1v) is 12.9. The molecule has 0 saturated carbocycles. The van der Waals surface area contributed by atoms with E-state index in [-0.39, 0.29) is 11.9 Å². The van der Waals surface area contributed by atoms with Crippen LogP contribution in [0.25, 0.3) is 0 Å². The van der Waals surface area contributed by atoms with Crippen molar-refractivity contribution in [2.45, 2.75) is 52.2 Å². The molecule has 0 radical (unpaired) electrons. The second kappa shape index (κ2) is 19.1. The molecule has 1 amide bonds. The molecular formula is C30H48N4O4. The average Bonchev–Trinajstić information content (AvgIpc) is 2.88. The number of benzene rings is 2. The van der Waals surface area contributed by atoms with Crippen LogP contribution < -0.4 is 10.1 Å². The van der Waals surface area contributed by atoms with E-state index in [1.807, 2.05) is 89.1 Å². The van der Waals surface area contributed by atoms with Gasteiger partial charge in [0.25, 0.3) is 0 Å². The van der Waals surface area contributed by atoms with Crippen molar-refractivity contribution in [1.82, 2.24) is 20.0 Å². The molecule has 1 aliphatic heterocycles. The fourth-order valence-electron chi connectivity index (χ4n) is 4.28. The quantitative estimate of drug-likeness (QED) is 0.554. The van der Waals surface area contributed by atoms with Gasteiger partial charge in [-0.15, -0.1) is 0 Å². The van der Waals surface area contributed by atoms with Gasteiger partial charge in [0, 0.05) is 31.7 Å². The van der Waals surface area contributed by atoms with Crippen LogP contribution >= 0.6 is 0 Å². The Bertz CT molecular complexity index is 909. The standard InChI is InChI=1S/C25H35N3O2.C3H9N.2CH2O/c1-18(2)28(19(3)4)16-14-26-25(29)24-23-12-11-22(17-20(23)13-15-27(24)5)30-21-9-7-6-8-10-21;1-4(2)3;2*1-2/h6-12,17-19,24H,13-16H2,1-5H3,(H,26,29);1-3H3;2*1H2. The SMILES string of the molecule is C=O.C=O.CC(C)N(CCNC(=O)C1c2ccc(Oc3ccccc3)cc2CCN1C)C(C)C.CN(C)C. The van der Waals surface area contributed by atoms with Gasteiger partial charge in [-0.1, -0.05) is 24.3 Å². The zero-order chi connectivity index (χ0) is 29.3. The van der Waals surface area contributed by atoms with Crippen LogP contribution in [-0.2, 0) is 20.8 Å². The van der Waals surface area contributed by atoms with E-state index in [9.17, 15) is 4.79 Å². The summed E-state index contributed by atoms with van der Waals surface area (Å²) in [7, 11) is 8.02. The van der Waals surface area contributed by atoms with E-state index in [1.165, 1.54) is 5.56 Å². The summed E-state index contributed by atoms with van der Waals surface area (Å²) in [4.78, 5) is 35.6. The van der Waals surface area contributed by atoms with Crippen molar-refractivity contribution in [2.24, 2.45) is 0 Å². The van der Waals surface area contributed by atoms with Gasteiger partial charge in [0.2, 0.25) is 5.91 Å². The molecule has 0 saturated heterocycles. The highest BCUT2D eigenvalue weighted by Crippen LogP contribution is 2.33. The molecule has 8 heteroatoms. The number of amides is 1. The molecule has 1 heterocycles. The summed E-state index contributed by atoms with van der Waals surface area (Å²) >= 11 is 0. The lowest BCUT2D eigenvalue weighted by Gasteiger charge is -2.34. The maximum atomic E-state index is 13.1. The van der Waals surface area contributed by atoms with Crippen molar-refractivity contribution in [2.75, 3.05) is 47.8 Å². The van der Waals surface area contributed by atoms with Crippen LogP contribution in [0, 0.1) is 0 Å². The molecule has 0 fully saturated rings. The molecule has 2 aromatic carbocycles. The van der Waals surface area contributed by atoms with Gasteiger partial charge in [-0.2, -0.15) is 0 Å². The molecule has 38 heavy (non-hydrogen) atoms. The molecule has 212 valence electrons.